The lowest BCUT2D eigenvalue weighted by Gasteiger charge is -2.15. The van der Waals surface area contributed by atoms with Crippen molar-refractivity contribution in [3.8, 4) is 0 Å². The molecule has 0 fully saturated rings. The Balaban J connectivity index is 1.64. The van der Waals surface area contributed by atoms with Crippen LogP contribution in [0.25, 0.3) is 11.0 Å². The number of carboxylic acids is 1. The Labute approximate surface area is 152 Å². The number of imidazole rings is 1. The Hall–Kier alpha value is -2.88. The van der Waals surface area contributed by atoms with Gasteiger partial charge in [-0.25, -0.2) is 4.98 Å². The molecule has 10 heteroatoms. The number of benzene rings is 1. The van der Waals surface area contributed by atoms with Crippen molar-refractivity contribution in [3.63, 3.8) is 0 Å². The third kappa shape index (κ3) is 4.27. The monoisotopic (exact) mass is 381 g/mol. The van der Waals surface area contributed by atoms with Gasteiger partial charge in [-0.1, -0.05) is 6.07 Å². The number of halogens is 3. The molecule has 0 bridgehead atoms. The van der Waals surface area contributed by atoms with Gasteiger partial charge in [-0.3, -0.25) is 9.89 Å². The second-order valence-corrected chi connectivity index (χ2v) is 6.26. The van der Waals surface area contributed by atoms with E-state index in [2.05, 4.69) is 15.4 Å². The van der Waals surface area contributed by atoms with Gasteiger partial charge < -0.3 is 15.0 Å². The number of H-pyrrole nitrogens is 1. The molecule has 144 valence electrons. The number of aromatic nitrogens is 4. The van der Waals surface area contributed by atoms with E-state index in [9.17, 15) is 23.1 Å². The van der Waals surface area contributed by atoms with Crippen LogP contribution in [0.15, 0.2) is 30.7 Å². The molecular weight excluding hydrogens is 363 g/mol. The third-order valence-corrected chi connectivity index (χ3v) is 4.34. The molecule has 0 saturated carbocycles. The molecule has 2 heterocycles. The number of nitrogens with zero attached hydrogens (tertiary/aromatic N) is 3. The molecule has 0 aliphatic rings. The number of aryl methyl sites for hydroxylation is 2. The van der Waals surface area contributed by atoms with Crippen LogP contribution in [-0.4, -0.2) is 36.9 Å². The van der Waals surface area contributed by atoms with Crippen LogP contribution in [0.4, 0.5) is 13.2 Å². The molecule has 27 heavy (non-hydrogen) atoms. The summed E-state index contributed by atoms with van der Waals surface area (Å²) in [7, 11) is 1.87. The molecule has 1 aromatic carbocycles. The minimum absolute atomic E-state index is 0.00375. The average Bonchev–Trinajstić information content (AvgIpc) is 3.21. The number of hydrogen-bond donors (Lipinski definition) is 3. The first-order valence-electron chi connectivity index (χ1n) is 8.21. The molecular formula is C17H18F3N5O2. The number of nitrogens with one attached hydrogen (secondary N) is 2. The summed E-state index contributed by atoms with van der Waals surface area (Å²) in [5.41, 5.74) is 1.59. The fourth-order valence-electron chi connectivity index (χ4n) is 2.89. The molecule has 0 saturated heterocycles. The number of alkyl halides is 3. The third-order valence-electron chi connectivity index (χ3n) is 4.34. The number of aromatic amines is 1. The van der Waals surface area contributed by atoms with Gasteiger partial charge in [0.1, 0.15) is 11.7 Å². The Bertz CT molecular complexity index is 948. The summed E-state index contributed by atoms with van der Waals surface area (Å²) >= 11 is 0. The fraction of sp³-hybridized carbons (Fsp3) is 0.353. The van der Waals surface area contributed by atoms with Gasteiger partial charge in [-0.15, -0.1) is 0 Å². The topological polar surface area (TPSA) is 95.8 Å². The lowest BCUT2D eigenvalue weighted by atomic mass is 10.0. The average molecular weight is 381 g/mol. The summed E-state index contributed by atoms with van der Waals surface area (Å²) in [6.45, 7) is 0.265. The van der Waals surface area contributed by atoms with Crippen molar-refractivity contribution in [2.75, 3.05) is 0 Å². The lowest BCUT2D eigenvalue weighted by molar-refractivity contribution is -0.141. The largest absolute Gasteiger partial charge is 0.480 e. The second kappa shape index (κ2) is 7.39. The predicted molar refractivity (Wildman–Crippen MR) is 90.9 cm³/mol. The van der Waals surface area contributed by atoms with Gasteiger partial charge in [0.25, 0.3) is 0 Å². The molecule has 0 amide bonds. The Kier molecular flexibility index (Phi) is 5.17. The highest BCUT2D eigenvalue weighted by Gasteiger charge is 2.35. The van der Waals surface area contributed by atoms with E-state index in [1.165, 1.54) is 0 Å². The van der Waals surface area contributed by atoms with E-state index in [1.807, 2.05) is 34.9 Å². The number of carbonyl (C=O) groups is 1. The van der Waals surface area contributed by atoms with Crippen molar-refractivity contribution in [1.82, 2.24) is 25.1 Å². The van der Waals surface area contributed by atoms with Crippen LogP contribution in [0.5, 0.6) is 0 Å². The number of hydrogen-bond acceptors (Lipinski definition) is 4. The maximum absolute atomic E-state index is 12.9. The zero-order valence-corrected chi connectivity index (χ0v) is 14.4. The van der Waals surface area contributed by atoms with Gasteiger partial charge in [0.05, 0.1) is 23.6 Å². The highest BCUT2D eigenvalue weighted by atomic mass is 19.4. The number of aliphatic carboxylic acids is 1. The molecule has 2 aromatic heterocycles. The van der Waals surface area contributed by atoms with Crippen molar-refractivity contribution in [2.45, 2.75) is 31.6 Å². The first kappa shape index (κ1) is 18.9. The van der Waals surface area contributed by atoms with Crippen LogP contribution < -0.4 is 5.32 Å². The van der Waals surface area contributed by atoms with Crippen LogP contribution in [0.1, 0.15) is 23.2 Å². The molecule has 3 N–H and O–H groups in total. The standard InChI is InChI=1S/C17H18F3N5O2/c1-25-9-22-13-6-10(2-5-14(13)25)7-21-12(16(26)27)4-3-11-8-23-24-15(11)17(18,19)20/h2,5-6,8-9,12,21H,3-4,7H2,1H3,(H,23,24)(H,26,27)/t12-/m1/s1. The number of rotatable bonds is 7. The van der Waals surface area contributed by atoms with Crippen molar-refractivity contribution in [1.29, 1.82) is 0 Å². The van der Waals surface area contributed by atoms with E-state index in [0.29, 0.717) is 0 Å². The second-order valence-electron chi connectivity index (χ2n) is 6.26. The zero-order chi connectivity index (χ0) is 19.6. The molecule has 0 spiro atoms. The van der Waals surface area contributed by atoms with Gasteiger partial charge in [-0.2, -0.15) is 18.3 Å². The summed E-state index contributed by atoms with van der Waals surface area (Å²) in [5, 5.41) is 17.6. The predicted octanol–water partition coefficient (Wildman–Crippen LogP) is 2.49. The van der Waals surface area contributed by atoms with Gasteiger partial charge in [-0.05, 0) is 30.5 Å². The van der Waals surface area contributed by atoms with Gasteiger partial charge in [0.2, 0.25) is 0 Å². The SMILES string of the molecule is Cn1cnc2cc(CN[C@H](CCc3cn[nH]c3C(F)(F)F)C(=O)O)ccc21. The van der Waals surface area contributed by atoms with Crippen LogP contribution in [0.2, 0.25) is 0 Å². The van der Waals surface area contributed by atoms with E-state index in [4.69, 9.17) is 0 Å². The summed E-state index contributed by atoms with van der Waals surface area (Å²) in [5.74, 6) is -1.12. The summed E-state index contributed by atoms with van der Waals surface area (Å²) < 4.78 is 40.4. The van der Waals surface area contributed by atoms with Gasteiger partial charge in [0.15, 0.2) is 0 Å². The van der Waals surface area contributed by atoms with Crippen molar-refractivity contribution in [3.05, 3.63) is 47.5 Å². The van der Waals surface area contributed by atoms with Crippen LogP contribution >= 0.6 is 0 Å². The van der Waals surface area contributed by atoms with Crippen LogP contribution in [0, 0.1) is 0 Å². The van der Waals surface area contributed by atoms with E-state index in [0.717, 1.165) is 22.8 Å². The zero-order valence-electron chi connectivity index (χ0n) is 14.4. The fourth-order valence-corrected chi connectivity index (χ4v) is 2.89. The Morgan fingerprint density at radius 1 is 1.41 bits per heavy atom. The highest BCUT2D eigenvalue weighted by Crippen LogP contribution is 2.30. The smallest absolute Gasteiger partial charge is 0.433 e. The maximum atomic E-state index is 12.9. The van der Waals surface area contributed by atoms with E-state index < -0.39 is 23.9 Å². The first-order chi connectivity index (χ1) is 12.8. The van der Waals surface area contributed by atoms with Gasteiger partial charge >= 0.3 is 12.1 Å². The number of fused-ring (bicyclic) bond motifs is 1. The van der Waals surface area contributed by atoms with E-state index in [1.54, 1.807) is 6.33 Å². The molecule has 7 nitrogen and oxygen atoms in total. The molecule has 0 unspecified atom stereocenters. The minimum Gasteiger partial charge on any atom is -0.480 e. The molecule has 0 aliphatic carbocycles. The van der Waals surface area contributed by atoms with Crippen molar-refractivity contribution in [2.24, 2.45) is 7.05 Å². The summed E-state index contributed by atoms with van der Waals surface area (Å²) in [4.78, 5) is 15.7. The quantitative estimate of drug-likeness (QED) is 0.584. The maximum Gasteiger partial charge on any atom is 0.433 e. The van der Waals surface area contributed by atoms with Crippen molar-refractivity contribution >= 4 is 17.0 Å². The Morgan fingerprint density at radius 3 is 2.89 bits per heavy atom. The van der Waals surface area contributed by atoms with Gasteiger partial charge in [0, 0.05) is 19.2 Å². The minimum atomic E-state index is -4.55. The number of carboxylic acid groups (broad SMARTS) is 1. The summed E-state index contributed by atoms with van der Waals surface area (Å²) in [6, 6.07) is 4.60. The molecule has 3 aromatic rings. The molecule has 0 radical (unpaired) electrons. The summed E-state index contributed by atoms with van der Waals surface area (Å²) in [6.07, 6.45) is -1.84. The molecule has 3 rings (SSSR count). The van der Waals surface area contributed by atoms with Crippen molar-refractivity contribution < 1.29 is 23.1 Å². The lowest BCUT2D eigenvalue weighted by Crippen LogP contribution is -2.36. The van der Waals surface area contributed by atoms with E-state index in [-0.39, 0.29) is 24.9 Å². The molecule has 0 aliphatic heterocycles. The first-order valence-corrected chi connectivity index (χ1v) is 8.21. The molecule has 1 atom stereocenters. The highest BCUT2D eigenvalue weighted by molar-refractivity contribution is 5.76. The normalized spacial score (nSPS) is 13.2. The van der Waals surface area contributed by atoms with E-state index >= 15 is 0 Å². The van der Waals surface area contributed by atoms with Crippen LogP contribution in [0.3, 0.4) is 0 Å². The van der Waals surface area contributed by atoms with Crippen LogP contribution in [-0.2, 0) is 31.0 Å². The Morgan fingerprint density at radius 2 is 2.19 bits per heavy atom.